The lowest BCUT2D eigenvalue weighted by Gasteiger charge is -2.23. The molecule has 0 saturated carbocycles. The van der Waals surface area contributed by atoms with Gasteiger partial charge in [-0.25, -0.2) is 4.98 Å². The number of phenolic OH excluding ortho intramolecular Hbond substituents is 1. The van der Waals surface area contributed by atoms with Crippen molar-refractivity contribution >= 4 is 11.0 Å². The number of nitrogens with zero attached hydrogens (tertiary/aromatic N) is 3. The molecule has 0 fully saturated rings. The summed E-state index contributed by atoms with van der Waals surface area (Å²) in [6, 6.07) is 46.4. The number of aromatic nitrogens is 3. The van der Waals surface area contributed by atoms with Crippen LogP contribution in [0.15, 0.2) is 170 Å². The molecule has 0 unspecified atom stereocenters. The number of imidazole rings is 1. The highest BCUT2D eigenvalue weighted by Gasteiger charge is 2.25. The van der Waals surface area contributed by atoms with Crippen LogP contribution >= 0.6 is 0 Å². The second kappa shape index (κ2) is 15.8. The van der Waals surface area contributed by atoms with E-state index in [1.165, 1.54) is 42.5 Å². The number of hydrogen-bond acceptors (Lipinski definition) is 3. The summed E-state index contributed by atoms with van der Waals surface area (Å²) in [5, 5.41) is 11.9. The normalized spacial score (nSPS) is 17.5. The van der Waals surface area contributed by atoms with E-state index in [0.29, 0.717) is 66.9 Å². The summed E-state index contributed by atoms with van der Waals surface area (Å²) in [6.45, 7) is -17.3. The first kappa shape index (κ1) is 24.4. The van der Waals surface area contributed by atoms with E-state index >= 15 is 0 Å². The number of para-hydroxylation sites is 1. The minimum atomic E-state index is -3.54. The number of hydrogen-bond donors (Lipinski definition) is 1. The van der Waals surface area contributed by atoms with E-state index in [9.17, 15) is 5.11 Å². The first-order valence-electron chi connectivity index (χ1n) is 29.0. The summed E-state index contributed by atoms with van der Waals surface area (Å²) in [7, 11) is 0. The van der Waals surface area contributed by atoms with Crippen LogP contribution in [0.5, 0.6) is 5.75 Å². The van der Waals surface area contributed by atoms with Gasteiger partial charge in [-0.1, -0.05) is 150 Å². The lowest BCUT2D eigenvalue weighted by Crippen LogP contribution is -2.12. The molecule has 0 atom stereocenters. The van der Waals surface area contributed by atoms with Crippen LogP contribution in [-0.2, 0) is 10.8 Å². The van der Waals surface area contributed by atoms with E-state index in [1.807, 2.05) is 79.7 Å². The van der Waals surface area contributed by atoms with E-state index < -0.39 is 57.5 Å². The summed E-state index contributed by atoms with van der Waals surface area (Å²) in [5.74, 6) is 0.182. The molecule has 0 radical (unpaired) electrons. The van der Waals surface area contributed by atoms with Crippen LogP contribution in [0.25, 0.3) is 83.9 Å². The van der Waals surface area contributed by atoms with E-state index in [2.05, 4.69) is 0 Å². The minimum absolute atomic E-state index is 0.0714. The van der Waals surface area contributed by atoms with Crippen LogP contribution in [0.1, 0.15) is 88.0 Å². The largest absolute Gasteiger partial charge is 0.507 e. The molecule has 0 bridgehead atoms. The van der Waals surface area contributed by atoms with Crippen LogP contribution in [0.4, 0.5) is 0 Å². The molecule has 4 heteroatoms. The zero-order valence-corrected chi connectivity index (χ0v) is 34.0. The standard InChI is InChI=1S/C58H53N3O/c1-37-30-38(2)55(62)50(31-37)56-60-54-48(20-15-21-53(54)61(56)52-27-26-47(58(6,7)8)36-49(52)41-18-13-10-14-19-41)44-32-43(39-16-11-9-12-17-39)33-45(34-44)51-35-42(28-29-59-51)40-22-24-46(25-23-40)57(3,4)5/h9-36,62H,1-8H3/i3D3,4D3,5D3,6D3,7D3,8D3. The molecule has 7 aromatic carbocycles. The van der Waals surface area contributed by atoms with E-state index in [0.717, 1.165) is 16.7 Å². The van der Waals surface area contributed by atoms with Crippen molar-refractivity contribution in [3.8, 4) is 78.6 Å². The van der Waals surface area contributed by atoms with Crippen LogP contribution < -0.4 is 0 Å². The Balaban J connectivity index is 1.29. The maximum atomic E-state index is 11.9. The first-order chi connectivity index (χ1) is 37.2. The second-order valence-electron chi connectivity index (χ2n) is 15.7. The third kappa shape index (κ3) is 7.74. The van der Waals surface area contributed by atoms with Crippen molar-refractivity contribution in [3.05, 3.63) is 192 Å². The molecule has 0 aliphatic rings. The van der Waals surface area contributed by atoms with Gasteiger partial charge in [0.05, 0.1) is 28.0 Å². The predicted molar refractivity (Wildman–Crippen MR) is 260 cm³/mol. The van der Waals surface area contributed by atoms with Gasteiger partial charge in [0.1, 0.15) is 11.6 Å². The molecule has 1 N–H and O–H groups in total. The molecular formula is C58H53N3O. The SMILES string of the molecule is [2H]C([2H])([2H])C(c1ccc(-c2ccnc(-c3cc(-c4ccccc4)cc(-c4cccc5c4nc(-c4cc(C)cc(C)c4O)n5-c4ccc(C(C([2H])([2H])[2H])(C([2H])([2H])[2H])C([2H])([2H])[2H])cc4-c4ccccc4)c3)c2)cc1)(C([2H])([2H])[2H])C([2H])([2H])[2H]. The van der Waals surface area contributed by atoms with Crippen molar-refractivity contribution in [1.29, 1.82) is 0 Å². The molecule has 0 saturated heterocycles. The molecule has 2 heterocycles. The Kier molecular flexibility index (Phi) is 6.21. The molecule has 306 valence electrons. The van der Waals surface area contributed by atoms with Crippen LogP contribution in [-0.4, -0.2) is 19.6 Å². The first-order valence-corrected chi connectivity index (χ1v) is 20.0. The Bertz CT molecular complexity index is 3710. The average molecular weight is 826 g/mol. The van der Waals surface area contributed by atoms with Gasteiger partial charge in [0.15, 0.2) is 0 Å². The maximum Gasteiger partial charge on any atom is 0.149 e. The molecule has 9 aromatic rings. The molecule has 0 aliphatic heterocycles. The smallest absolute Gasteiger partial charge is 0.149 e. The highest BCUT2D eigenvalue weighted by Crippen LogP contribution is 2.43. The number of aromatic hydroxyl groups is 1. The Morgan fingerprint density at radius 1 is 0.500 bits per heavy atom. The fourth-order valence-electron chi connectivity index (χ4n) is 8.11. The highest BCUT2D eigenvalue weighted by atomic mass is 16.3. The fourth-order valence-corrected chi connectivity index (χ4v) is 8.11. The summed E-state index contributed by atoms with van der Waals surface area (Å²) in [5.41, 5.74) is 1.68. The van der Waals surface area contributed by atoms with Gasteiger partial charge in [0.25, 0.3) is 0 Å². The number of rotatable bonds is 7. The summed E-state index contributed by atoms with van der Waals surface area (Å²) in [6.07, 6.45) is 1.59. The Morgan fingerprint density at radius 3 is 1.87 bits per heavy atom. The van der Waals surface area contributed by atoms with Gasteiger partial charge in [-0.05, 0) is 135 Å². The Hall–Kier alpha value is -7.04. The van der Waals surface area contributed by atoms with Gasteiger partial charge < -0.3 is 5.11 Å². The quantitative estimate of drug-likeness (QED) is 0.174. The summed E-state index contributed by atoms with van der Waals surface area (Å²) in [4.78, 5) is 10.1. The number of pyridine rings is 1. The van der Waals surface area contributed by atoms with Crippen LogP contribution in [0.2, 0.25) is 0 Å². The van der Waals surface area contributed by atoms with Crippen LogP contribution in [0, 0.1) is 13.8 Å². The number of fused-ring (bicyclic) bond motifs is 1. The van der Waals surface area contributed by atoms with Crippen molar-refractivity contribution in [2.45, 2.75) is 65.8 Å². The van der Waals surface area contributed by atoms with Gasteiger partial charge in [-0.2, -0.15) is 0 Å². The second-order valence-corrected chi connectivity index (χ2v) is 15.7. The molecule has 0 spiro atoms. The predicted octanol–water partition coefficient (Wildman–Crippen LogP) is 15.3. The zero-order valence-electron chi connectivity index (χ0n) is 52.0. The zero-order chi connectivity index (χ0) is 58.3. The minimum Gasteiger partial charge on any atom is -0.507 e. The third-order valence-corrected chi connectivity index (χ3v) is 11.2. The number of benzene rings is 7. The lowest BCUT2D eigenvalue weighted by molar-refractivity contribution is 0.472. The summed E-state index contributed by atoms with van der Waals surface area (Å²) < 4.78 is 153. The van der Waals surface area contributed by atoms with Gasteiger partial charge >= 0.3 is 0 Å². The molecule has 9 rings (SSSR count). The van der Waals surface area contributed by atoms with E-state index in [1.54, 1.807) is 66.2 Å². The van der Waals surface area contributed by atoms with Crippen molar-refractivity contribution in [2.24, 2.45) is 0 Å². The van der Waals surface area contributed by atoms with E-state index in [4.69, 9.17) is 34.6 Å². The van der Waals surface area contributed by atoms with Crippen molar-refractivity contribution in [3.63, 3.8) is 0 Å². The lowest BCUT2D eigenvalue weighted by atomic mass is 9.85. The molecule has 62 heavy (non-hydrogen) atoms. The monoisotopic (exact) mass is 826 g/mol. The van der Waals surface area contributed by atoms with Gasteiger partial charge in [0, 0.05) is 47.6 Å². The van der Waals surface area contributed by atoms with Crippen molar-refractivity contribution in [2.75, 3.05) is 0 Å². The van der Waals surface area contributed by atoms with Gasteiger partial charge in [-0.3, -0.25) is 9.55 Å². The van der Waals surface area contributed by atoms with E-state index in [-0.39, 0.29) is 22.7 Å². The Labute approximate surface area is 391 Å². The van der Waals surface area contributed by atoms with Crippen molar-refractivity contribution in [1.82, 2.24) is 14.5 Å². The summed E-state index contributed by atoms with van der Waals surface area (Å²) >= 11 is 0. The van der Waals surface area contributed by atoms with Crippen LogP contribution in [0.3, 0.4) is 0 Å². The average Bonchev–Trinajstić information content (AvgIpc) is 3.10. The van der Waals surface area contributed by atoms with Crippen molar-refractivity contribution < 1.29 is 29.8 Å². The fraction of sp³-hybridized carbons (Fsp3) is 0.172. The highest BCUT2D eigenvalue weighted by molar-refractivity contribution is 5.98. The number of aryl methyl sites for hydroxylation is 2. The maximum absolute atomic E-state index is 11.9. The molecule has 0 aliphatic carbocycles. The third-order valence-electron chi connectivity index (χ3n) is 11.2. The molecule has 4 nitrogen and oxygen atoms in total. The van der Waals surface area contributed by atoms with Gasteiger partial charge in [0.2, 0.25) is 0 Å². The van der Waals surface area contributed by atoms with Gasteiger partial charge in [-0.15, -0.1) is 0 Å². The Morgan fingerprint density at radius 2 is 1.15 bits per heavy atom. The molecular weight excluding hydrogens is 755 g/mol. The topological polar surface area (TPSA) is 50.9 Å². The molecule has 0 amide bonds. The number of phenols is 1. The molecule has 2 aromatic heterocycles.